The van der Waals surface area contributed by atoms with E-state index in [0.717, 1.165) is 26.2 Å². The molecule has 5 nitrogen and oxygen atoms in total. The Morgan fingerprint density at radius 2 is 2.19 bits per heavy atom. The van der Waals surface area contributed by atoms with Crippen molar-refractivity contribution < 1.29 is 4.79 Å². The van der Waals surface area contributed by atoms with Gasteiger partial charge in [-0.15, -0.1) is 0 Å². The molecule has 1 saturated heterocycles. The molecule has 1 aliphatic rings. The van der Waals surface area contributed by atoms with Crippen LogP contribution < -0.4 is 5.32 Å². The first-order chi connectivity index (χ1) is 7.63. The lowest BCUT2D eigenvalue weighted by atomic mass is 10.2. The minimum Gasteiger partial charge on any atom is -0.343 e. The van der Waals surface area contributed by atoms with Crippen LogP contribution in [0.15, 0.2) is 0 Å². The zero-order chi connectivity index (χ0) is 12.0. The number of rotatable bonds is 4. The Bertz CT molecular complexity index is 268. The van der Waals surface area contributed by atoms with Gasteiger partial charge in [-0.3, -0.25) is 9.69 Å². The molecule has 16 heavy (non-hydrogen) atoms. The molecule has 0 saturated carbocycles. The Kier molecular flexibility index (Phi) is 5.23. The molecular weight excluding hydrogens is 204 g/mol. The maximum atomic E-state index is 11.8. The van der Waals surface area contributed by atoms with E-state index >= 15 is 0 Å². The fraction of sp³-hybridized carbons (Fsp3) is 0.818. The minimum atomic E-state index is -0.100. The predicted molar refractivity (Wildman–Crippen MR) is 61.7 cm³/mol. The monoisotopic (exact) mass is 224 g/mol. The normalized spacial score (nSPS) is 18.8. The maximum Gasteiger partial charge on any atom is 0.236 e. The van der Waals surface area contributed by atoms with E-state index in [-0.39, 0.29) is 11.8 Å². The minimum absolute atomic E-state index is 0.100. The largest absolute Gasteiger partial charge is 0.343 e. The number of amides is 1. The fourth-order valence-electron chi connectivity index (χ4n) is 1.73. The SMILES string of the molecule is CC(C#N)CN(C)C(=O)CN1CCNCC1. The van der Waals surface area contributed by atoms with Crippen molar-refractivity contribution in [3.63, 3.8) is 0 Å². The van der Waals surface area contributed by atoms with Crippen molar-refractivity contribution in [1.29, 1.82) is 5.26 Å². The summed E-state index contributed by atoms with van der Waals surface area (Å²) in [7, 11) is 1.76. The zero-order valence-electron chi connectivity index (χ0n) is 10.1. The Morgan fingerprint density at radius 3 is 2.75 bits per heavy atom. The van der Waals surface area contributed by atoms with E-state index < -0.39 is 0 Å². The highest BCUT2D eigenvalue weighted by atomic mass is 16.2. The van der Waals surface area contributed by atoms with E-state index in [0.29, 0.717) is 13.1 Å². The van der Waals surface area contributed by atoms with Gasteiger partial charge in [0.1, 0.15) is 0 Å². The van der Waals surface area contributed by atoms with Crippen molar-refractivity contribution in [2.45, 2.75) is 6.92 Å². The van der Waals surface area contributed by atoms with Gasteiger partial charge in [0.2, 0.25) is 5.91 Å². The van der Waals surface area contributed by atoms with Gasteiger partial charge in [-0.25, -0.2) is 0 Å². The number of carbonyl (C=O) groups is 1. The third-order valence-corrected chi connectivity index (χ3v) is 2.76. The van der Waals surface area contributed by atoms with Gasteiger partial charge < -0.3 is 10.2 Å². The molecule has 1 aliphatic heterocycles. The average molecular weight is 224 g/mol. The summed E-state index contributed by atoms with van der Waals surface area (Å²) in [5.41, 5.74) is 0. The number of nitrogens with zero attached hydrogens (tertiary/aromatic N) is 3. The molecule has 90 valence electrons. The Labute approximate surface area is 97.0 Å². The molecule has 0 bridgehead atoms. The standard InChI is InChI=1S/C11H20N4O/c1-10(7-12)8-14(2)11(16)9-15-5-3-13-4-6-15/h10,13H,3-6,8-9H2,1-2H3. The third-order valence-electron chi connectivity index (χ3n) is 2.76. The number of hydrogen-bond acceptors (Lipinski definition) is 4. The Morgan fingerprint density at radius 1 is 1.56 bits per heavy atom. The predicted octanol–water partition coefficient (Wildman–Crippen LogP) is -0.490. The Balaban J connectivity index is 2.30. The van der Waals surface area contributed by atoms with E-state index in [4.69, 9.17) is 5.26 Å². The summed E-state index contributed by atoms with van der Waals surface area (Å²) in [4.78, 5) is 15.6. The maximum absolute atomic E-state index is 11.8. The summed E-state index contributed by atoms with van der Waals surface area (Å²) >= 11 is 0. The molecule has 1 fully saturated rings. The van der Waals surface area contributed by atoms with E-state index in [1.165, 1.54) is 0 Å². The summed E-state index contributed by atoms with van der Waals surface area (Å²) < 4.78 is 0. The van der Waals surface area contributed by atoms with Crippen LogP contribution in [0.4, 0.5) is 0 Å². The molecule has 1 heterocycles. The van der Waals surface area contributed by atoms with Crippen LogP contribution in [0.5, 0.6) is 0 Å². The first-order valence-electron chi connectivity index (χ1n) is 5.70. The topological polar surface area (TPSA) is 59.4 Å². The van der Waals surface area contributed by atoms with Crippen LogP contribution in [0.1, 0.15) is 6.92 Å². The van der Waals surface area contributed by atoms with Crippen LogP contribution in [0.2, 0.25) is 0 Å². The van der Waals surface area contributed by atoms with Gasteiger partial charge in [0.15, 0.2) is 0 Å². The molecule has 0 spiro atoms. The van der Waals surface area contributed by atoms with Crippen molar-refractivity contribution in [1.82, 2.24) is 15.1 Å². The van der Waals surface area contributed by atoms with Gasteiger partial charge in [0, 0.05) is 39.8 Å². The summed E-state index contributed by atoms with van der Waals surface area (Å²) in [5, 5.41) is 11.9. The number of hydrogen-bond donors (Lipinski definition) is 1. The molecule has 5 heteroatoms. The smallest absolute Gasteiger partial charge is 0.236 e. The van der Waals surface area contributed by atoms with Crippen LogP contribution in [-0.4, -0.2) is 62.0 Å². The molecule has 0 aromatic rings. The Hall–Kier alpha value is -1.12. The quantitative estimate of drug-likeness (QED) is 0.700. The number of piperazine rings is 1. The lowest BCUT2D eigenvalue weighted by molar-refractivity contribution is -0.131. The van der Waals surface area contributed by atoms with Gasteiger partial charge >= 0.3 is 0 Å². The number of nitriles is 1. The highest BCUT2D eigenvalue weighted by molar-refractivity contribution is 5.78. The van der Waals surface area contributed by atoms with Crippen LogP contribution in [0.25, 0.3) is 0 Å². The first kappa shape index (κ1) is 12.9. The molecule has 0 aliphatic carbocycles. The van der Waals surface area contributed by atoms with Gasteiger partial charge in [-0.1, -0.05) is 0 Å². The first-order valence-corrected chi connectivity index (χ1v) is 5.70. The second-order valence-electron chi connectivity index (χ2n) is 4.33. The fourth-order valence-corrected chi connectivity index (χ4v) is 1.73. The summed E-state index contributed by atoms with van der Waals surface area (Å²) in [6.45, 7) is 6.56. The number of carbonyl (C=O) groups excluding carboxylic acids is 1. The molecule has 1 unspecified atom stereocenters. The number of nitrogens with one attached hydrogen (secondary N) is 1. The van der Waals surface area contributed by atoms with Crippen LogP contribution in [-0.2, 0) is 4.79 Å². The highest BCUT2D eigenvalue weighted by Gasteiger charge is 2.17. The van der Waals surface area contributed by atoms with E-state index in [2.05, 4.69) is 16.3 Å². The van der Waals surface area contributed by atoms with E-state index in [1.807, 2.05) is 6.92 Å². The van der Waals surface area contributed by atoms with Crippen molar-refractivity contribution >= 4 is 5.91 Å². The van der Waals surface area contributed by atoms with Gasteiger partial charge in [-0.2, -0.15) is 5.26 Å². The number of likely N-dealkylation sites (N-methyl/N-ethyl adjacent to an activating group) is 1. The average Bonchev–Trinajstić information content (AvgIpc) is 2.30. The molecule has 1 rings (SSSR count). The lowest BCUT2D eigenvalue weighted by Gasteiger charge is -2.28. The zero-order valence-corrected chi connectivity index (χ0v) is 10.1. The second kappa shape index (κ2) is 6.46. The van der Waals surface area contributed by atoms with Gasteiger partial charge in [0.25, 0.3) is 0 Å². The molecule has 1 amide bonds. The second-order valence-corrected chi connectivity index (χ2v) is 4.33. The molecule has 0 aromatic heterocycles. The molecule has 1 N–H and O–H groups in total. The van der Waals surface area contributed by atoms with Crippen molar-refractivity contribution in [3.05, 3.63) is 0 Å². The van der Waals surface area contributed by atoms with Gasteiger partial charge in [0.05, 0.1) is 18.5 Å². The third kappa shape index (κ3) is 4.17. The van der Waals surface area contributed by atoms with Crippen molar-refractivity contribution in [2.24, 2.45) is 5.92 Å². The molecule has 1 atom stereocenters. The summed E-state index contributed by atoms with van der Waals surface area (Å²) in [5.74, 6) is 0.000900. The molecule has 0 aromatic carbocycles. The van der Waals surface area contributed by atoms with Crippen molar-refractivity contribution in [3.8, 4) is 6.07 Å². The lowest BCUT2D eigenvalue weighted by Crippen LogP contribution is -2.48. The van der Waals surface area contributed by atoms with E-state index in [9.17, 15) is 4.79 Å². The molecule has 0 radical (unpaired) electrons. The van der Waals surface area contributed by atoms with Crippen molar-refractivity contribution in [2.75, 3.05) is 46.3 Å². The molecular formula is C11H20N4O. The summed E-state index contributed by atoms with van der Waals surface area (Å²) in [6.07, 6.45) is 0. The van der Waals surface area contributed by atoms with Crippen LogP contribution in [0, 0.1) is 17.2 Å². The van der Waals surface area contributed by atoms with Crippen LogP contribution >= 0.6 is 0 Å². The van der Waals surface area contributed by atoms with E-state index in [1.54, 1.807) is 11.9 Å². The van der Waals surface area contributed by atoms with Crippen LogP contribution in [0.3, 0.4) is 0 Å². The highest BCUT2D eigenvalue weighted by Crippen LogP contribution is 1.99. The summed E-state index contributed by atoms with van der Waals surface area (Å²) in [6, 6.07) is 2.14. The van der Waals surface area contributed by atoms with Gasteiger partial charge in [-0.05, 0) is 6.92 Å².